The first kappa shape index (κ1) is 18.3. The molecule has 0 aliphatic carbocycles. The quantitative estimate of drug-likeness (QED) is 0.396. The van der Waals surface area contributed by atoms with Gasteiger partial charge in [-0.3, -0.25) is 4.79 Å². The molecule has 27 heavy (non-hydrogen) atoms. The van der Waals surface area contributed by atoms with Crippen molar-refractivity contribution in [1.82, 2.24) is 19.8 Å². The molecule has 0 spiro atoms. The second kappa shape index (κ2) is 7.17. The summed E-state index contributed by atoms with van der Waals surface area (Å²) >= 11 is 9.79. The third-order valence-corrected chi connectivity index (χ3v) is 5.99. The topological polar surface area (TPSA) is 72.2 Å². The Hall–Kier alpha value is -2.04. The Bertz CT molecular complexity index is 1190. The van der Waals surface area contributed by atoms with Crippen molar-refractivity contribution in [3.63, 3.8) is 0 Å². The number of fused-ring (bicyclic) bond motifs is 1. The number of rotatable bonds is 3. The highest BCUT2D eigenvalue weighted by atomic mass is 127. The van der Waals surface area contributed by atoms with Gasteiger partial charge in [0.05, 0.1) is 10.6 Å². The van der Waals surface area contributed by atoms with E-state index in [-0.39, 0.29) is 5.91 Å². The maximum absolute atomic E-state index is 12.6. The molecule has 0 aliphatic heterocycles. The molecule has 1 N–H and O–H groups in total. The highest BCUT2D eigenvalue weighted by Crippen LogP contribution is 2.29. The molecule has 6 nitrogen and oxygen atoms in total. The monoisotopic (exact) mass is 509 g/mol. The van der Waals surface area contributed by atoms with Crippen LogP contribution in [0.3, 0.4) is 0 Å². The zero-order chi connectivity index (χ0) is 19.1. The Balaban J connectivity index is 1.61. The van der Waals surface area contributed by atoms with Gasteiger partial charge in [-0.1, -0.05) is 22.9 Å². The maximum Gasteiger partial charge on any atom is 0.257 e. The first-order chi connectivity index (χ1) is 12.9. The summed E-state index contributed by atoms with van der Waals surface area (Å²) in [5.74, 6) is 0.520. The molecule has 0 atom stereocenters. The van der Waals surface area contributed by atoms with Crippen LogP contribution < -0.4 is 5.32 Å². The van der Waals surface area contributed by atoms with E-state index in [4.69, 9.17) is 11.6 Å². The van der Waals surface area contributed by atoms with Crippen LogP contribution in [0.1, 0.15) is 21.7 Å². The van der Waals surface area contributed by atoms with Gasteiger partial charge < -0.3 is 5.32 Å². The standard InChI is InChI=1S/C18H13ClIN5OS/c1-9-7-11(17-24-25-10(2)22-23-18(25)27-17)3-6-15(9)21-16(26)13-8-12(20)4-5-14(13)19/h3-8H,1-2H3,(H,21,26). The average molecular weight is 510 g/mol. The van der Waals surface area contributed by atoms with Crippen LogP contribution in [0.5, 0.6) is 0 Å². The summed E-state index contributed by atoms with van der Waals surface area (Å²) in [6.45, 7) is 3.81. The van der Waals surface area contributed by atoms with Gasteiger partial charge in [-0.15, -0.1) is 10.2 Å². The van der Waals surface area contributed by atoms with Crippen molar-refractivity contribution in [3.05, 3.63) is 61.9 Å². The van der Waals surface area contributed by atoms with E-state index in [2.05, 4.69) is 43.2 Å². The summed E-state index contributed by atoms with van der Waals surface area (Å²) in [4.78, 5) is 13.3. The number of anilines is 1. The number of aryl methyl sites for hydroxylation is 2. The molecule has 0 saturated carbocycles. The number of hydrogen-bond donors (Lipinski definition) is 1. The molecule has 136 valence electrons. The van der Waals surface area contributed by atoms with Gasteiger partial charge in [0, 0.05) is 14.8 Å². The van der Waals surface area contributed by atoms with Gasteiger partial charge >= 0.3 is 0 Å². The van der Waals surface area contributed by atoms with Crippen LogP contribution in [0.25, 0.3) is 15.5 Å². The lowest BCUT2D eigenvalue weighted by Crippen LogP contribution is -2.13. The molecule has 9 heteroatoms. The van der Waals surface area contributed by atoms with Crippen LogP contribution in [-0.4, -0.2) is 25.7 Å². The lowest BCUT2D eigenvalue weighted by molar-refractivity contribution is 0.102. The van der Waals surface area contributed by atoms with Gasteiger partial charge in [-0.25, -0.2) is 0 Å². The van der Waals surface area contributed by atoms with Crippen LogP contribution in [0.15, 0.2) is 36.4 Å². The number of aromatic nitrogens is 4. The van der Waals surface area contributed by atoms with Gasteiger partial charge in [0.15, 0.2) is 5.82 Å². The van der Waals surface area contributed by atoms with Crippen LogP contribution in [0.2, 0.25) is 5.02 Å². The maximum atomic E-state index is 12.6. The summed E-state index contributed by atoms with van der Waals surface area (Å²) in [5, 5.41) is 16.9. The number of carbonyl (C=O) groups excluding carboxylic acids is 1. The summed E-state index contributed by atoms with van der Waals surface area (Å²) in [6.07, 6.45) is 0. The molecule has 0 aliphatic rings. The highest BCUT2D eigenvalue weighted by Gasteiger charge is 2.14. The number of amides is 1. The molecule has 2 aromatic carbocycles. The van der Waals surface area contributed by atoms with Gasteiger partial charge in [-0.05, 0) is 78.4 Å². The highest BCUT2D eigenvalue weighted by molar-refractivity contribution is 14.1. The van der Waals surface area contributed by atoms with Crippen molar-refractivity contribution in [2.45, 2.75) is 13.8 Å². The summed E-state index contributed by atoms with van der Waals surface area (Å²) in [7, 11) is 0. The first-order valence-corrected chi connectivity index (χ1v) is 10.3. The molecule has 0 radical (unpaired) electrons. The number of nitrogens with one attached hydrogen (secondary N) is 1. The Labute approximate surface area is 177 Å². The lowest BCUT2D eigenvalue weighted by Gasteiger charge is -2.11. The third-order valence-electron chi connectivity index (χ3n) is 4.04. The van der Waals surface area contributed by atoms with Gasteiger partial charge in [0.25, 0.3) is 5.91 Å². The number of carbonyl (C=O) groups is 1. The van der Waals surface area contributed by atoms with E-state index in [1.807, 2.05) is 38.1 Å². The molecule has 0 fully saturated rings. The first-order valence-electron chi connectivity index (χ1n) is 7.98. The largest absolute Gasteiger partial charge is 0.322 e. The van der Waals surface area contributed by atoms with E-state index in [0.29, 0.717) is 10.6 Å². The summed E-state index contributed by atoms with van der Waals surface area (Å²) < 4.78 is 2.68. The average Bonchev–Trinajstić information content (AvgIpc) is 3.21. The molecular formula is C18H13ClIN5OS. The number of benzene rings is 2. The molecule has 4 aromatic rings. The zero-order valence-electron chi connectivity index (χ0n) is 14.3. The van der Waals surface area contributed by atoms with Crippen molar-refractivity contribution in [3.8, 4) is 10.6 Å². The summed E-state index contributed by atoms with van der Waals surface area (Å²) in [5.41, 5.74) is 3.09. The van der Waals surface area contributed by atoms with E-state index in [9.17, 15) is 4.79 Å². The van der Waals surface area contributed by atoms with E-state index in [1.54, 1.807) is 16.6 Å². The van der Waals surface area contributed by atoms with Crippen molar-refractivity contribution in [2.75, 3.05) is 5.32 Å². The Kier molecular flexibility index (Phi) is 4.87. The van der Waals surface area contributed by atoms with Crippen LogP contribution >= 0.6 is 45.5 Å². The second-order valence-corrected chi connectivity index (χ2v) is 8.57. The third kappa shape index (κ3) is 3.56. The Morgan fingerprint density at radius 1 is 1.19 bits per heavy atom. The molecule has 0 unspecified atom stereocenters. The molecule has 1 amide bonds. The molecule has 2 heterocycles. The van der Waals surface area contributed by atoms with Crippen molar-refractivity contribution >= 4 is 62.1 Å². The predicted molar refractivity (Wildman–Crippen MR) is 116 cm³/mol. The zero-order valence-corrected chi connectivity index (χ0v) is 18.1. The fourth-order valence-corrected chi connectivity index (χ4v) is 4.21. The summed E-state index contributed by atoms with van der Waals surface area (Å²) in [6, 6.07) is 11.2. The Morgan fingerprint density at radius 2 is 2.00 bits per heavy atom. The SMILES string of the molecule is Cc1cc(-c2nn3c(C)nnc3s2)ccc1NC(=O)c1cc(I)ccc1Cl. The van der Waals surface area contributed by atoms with E-state index >= 15 is 0 Å². The number of halogens is 2. The predicted octanol–water partition coefficient (Wildman–Crippen LogP) is 4.98. The number of nitrogens with zero attached hydrogens (tertiary/aromatic N) is 4. The lowest BCUT2D eigenvalue weighted by atomic mass is 10.1. The van der Waals surface area contributed by atoms with Gasteiger partial charge in [0.1, 0.15) is 5.01 Å². The fraction of sp³-hybridized carbons (Fsp3) is 0.111. The van der Waals surface area contributed by atoms with E-state index in [0.717, 1.165) is 36.2 Å². The van der Waals surface area contributed by atoms with Gasteiger partial charge in [-0.2, -0.15) is 9.61 Å². The second-order valence-electron chi connectivity index (χ2n) is 5.96. The number of hydrogen-bond acceptors (Lipinski definition) is 5. The molecule has 4 rings (SSSR count). The van der Waals surface area contributed by atoms with Gasteiger partial charge in [0.2, 0.25) is 4.96 Å². The Morgan fingerprint density at radius 3 is 2.74 bits per heavy atom. The van der Waals surface area contributed by atoms with Crippen molar-refractivity contribution in [1.29, 1.82) is 0 Å². The van der Waals surface area contributed by atoms with Crippen LogP contribution in [-0.2, 0) is 0 Å². The smallest absolute Gasteiger partial charge is 0.257 e. The van der Waals surface area contributed by atoms with E-state index < -0.39 is 0 Å². The molecular weight excluding hydrogens is 497 g/mol. The van der Waals surface area contributed by atoms with Crippen molar-refractivity contribution in [2.24, 2.45) is 0 Å². The molecule has 0 saturated heterocycles. The van der Waals surface area contributed by atoms with E-state index in [1.165, 1.54) is 11.3 Å². The van der Waals surface area contributed by atoms with Crippen molar-refractivity contribution < 1.29 is 4.79 Å². The molecule has 0 bridgehead atoms. The normalized spacial score (nSPS) is 11.1. The van der Waals surface area contributed by atoms with Crippen LogP contribution in [0, 0.1) is 17.4 Å². The fourth-order valence-electron chi connectivity index (χ4n) is 2.63. The minimum Gasteiger partial charge on any atom is -0.322 e. The minimum absolute atomic E-state index is 0.233. The van der Waals surface area contributed by atoms with Crippen LogP contribution in [0.4, 0.5) is 5.69 Å². The molecule has 2 aromatic heterocycles. The minimum atomic E-state index is -0.233.